The number of halogens is 1. The van der Waals surface area contributed by atoms with Gasteiger partial charge in [0.2, 0.25) is 0 Å². The third kappa shape index (κ3) is 2.90. The van der Waals surface area contributed by atoms with Crippen LogP contribution in [0.25, 0.3) is 0 Å². The highest BCUT2D eigenvalue weighted by Gasteiger charge is 2.28. The summed E-state index contributed by atoms with van der Waals surface area (Å²) in [4.78, 5) is 7.13. The number of likely N-dealkylation sites (tertiary alicyclic amines) is 1. The molecule has 1 fully saturated rings. The number of nitrogens with zero attached hydrogens (tertiary/aromatic N) is 2. The van der Waals surface area contributed by atoms with Gasteiger partial charge >= 0.3 is 0 Å². The molecule has 0 aliphatic carbocycles. The van der Waals surface area contributed by atoms with Crippen LogP contribution in [0, 0.1) is 5.92 Å². The van der Waals surface area contributed by atoms with Crippen LogP contribution in [-0.2, 0) is 0 Å². The summed E-state index contributed by atoms with van der Waals surface area (Å²) in [6, 6.07) is 0. The van der Waals surface area contributed by atoms with Crippen molar-refractivity contribution in [3.63, 3.8) is 0 Å². The average molecular weight is 291 g/mol. The maximum Gasteiger partial charge on any atom is 0.159 e. The molecule has 86 valence electrons. The van der Waals surface area contributed by atoms with Gasteiger partial charge in [-0.3, -0.25) is 4.99 Å². The minimum atomic E-state index is 0.672. The number of hydrogen-bond acceptors (Lipinski definition) is 3. The molecule has 0 spiro atoms. The Labute approximate surface area is 105 Å². The molecule has 2 aliphatic rings. The Hall–Kier alpha value is 0.300. The average Bonchev–Trinajstić information content (AvgIpc) is 2.85. The Kier molecular flexibility index (Phi) is 4.38. The lowest BCUT2D eigenvalue weighted by Gasteiger charge is -2.18. The lowest BCUT2D eigenvalue weighted by molar-refractivity contribution is 0.463. The number of hydrogen-bond donors (Lipinski definition) is 0. The Morgan fingerprint density at radius 3 is 3.13 bits per heavy atom. The van der Waals surface area contributed by atoms with Gasteiger partial charge in [0.1, 0.15) is 0 Å². The van der Waals surface area contributed by atoms with Gasteiger partial charge in [-0.15, -0.1) is 0 Å². The first kappa shape index (κ1) is 11.8. The van der Waals surface area contributed by atoms with Crippen LogP contribution in [0.4, 0.5) is 0 Å². The van der Waals surface area contributed by atoms with Crippen LogP contribution < -0.4 is 0 Å². The van der Waals surface area contributed by atoms with Gasteiger partial charge in [0.25, 0.3) is 0 Å². The highest BCUT2D eigenvalue weighted by atomic mass is 79.9. The van der Waals surface area contributed by atoms with Crippen LogP contribution in [0.15, 0.2) is 4.99 Å². The van der Waals surface area contributed by atoms with E-state index in [2.05, 4.69) is 32.7 Å². The lowest BCUT2D eigenvalue weighted by Crippen LogP contribution is -2.25. The fourth-order valence-electron chi connectivity index (χ4n) is 2.31. The van der Waals surface area contributed by atoms with E-state index in [0.717, 1.165) is 17.8 Å². The third-order valence-electron chi connectivity index (χ3n) is 3.13. The van der Waals surface area contributed by atoms with E-state index in [1.807, 2.05) is 11.8 Å². The van der Waals surface area contributed by atoms with Gasteiger partial charge in [-0.25, -0.2) is 0 Å². The fraction of sp³-hybridized carbons (Fsp3) is 0.909. The van der Waals surface area contributed by atoms with Gasteiger partial charge in [0, 0.05) is 23.7 Å². The van der Waals surface area contributed by atoms with E-state index in [4.69, 9.17) is 0 Å². The van der Waals surface area contributed by atoms with Crippen LogP contribution in [0.1, 0.15) is 26.2 Å². The summed E-state index contributed by atoms with van der Waals surface area (Å²) >= 11 is 5.49. The molecule has 0 aromatic carbocycles. The normalized spacial score (nSPS) is 31.1. The summed E-state index contributed by atoms with van der Waals surface area (Å²) in [5, 5.41) is 3.04. The van der Waals surface area contributed by atoms with Crippen molar-refractivity contribution in [1.82, 2.24) is 4.90 Å². The van der Waals surface area contributed by atoms with Crippen molar-refractivity contribution in [2.24, 2.45) is 10.9 Å². The van der Waals surface area contributed by atoms with Crippen molar-refractivity contribution in [2.45, 2.75) is 31.4 Å². The van der Waals surface area contributed by atoms with Gasteiger partial charge in [0.05, 0.1) is 6.54 Å². The first-order valence-corrected chi connectivity index (χ1v) is 7.85. The van der Waals surface area contributed by atoms with Crippen LogP contribution in [0.2, 0.25) is 0 Å². The molecule has 0 bridgehead atoms. The van der Waals surface area contributed by atoms with Crippen molar-refractivity contribution in [2.75, 3.05) is 25.0 Å². The highest BCUT2D eigenvalue weighted by molar-refractivity contribution is 9.09. The molecular formula is C11H19BrN2S. The molecule has 2 heterocycles. The summed E-state index contributed by atoms with van der Waals surface area (Å²) in [6.07, 6.45) is 4.07. The van der Waals surface area contributed by atoms with E-state index in [-0.39, 0.29) is 0 Å². The summed E-state index contributed by atoms with van der Waals surface area (Å²) in [5.41, 5.74) is 0. The minimum Gasteiger partial charge on any atom is -0.351 e. The van der Waals surface area contributed by atoms with E-state index in [1.54, 1.807) is 0 Å². The maximum atomic E-state index is 4.64. The molecule has 2 aliphatic heterocycles. The van der Waals surface area contributed by atoms with Crippen molar-refractivity contribution in [1.29, 1.82) is 0 Å². The van der Waals surface area contributed by atoms with E-state index < -0.39 is 0 Å². The van der Waals surface area contributed by atoms with Gasteiger partial charge in [-0.2, -0.15) is 0 Å². The standard InChI is InChI=1S/C11H19BrN2S/c1-2-3-9-4-5-14(8-9)11-13-7-10(6-12)15-11/h9-10H,2-8H2,1H3. The molecule has 0 aromatic rings. The predicted molar refractivity (Wildman–Crippen MR) is 72.1 cm³/mol. The van der Waals surface area contributed by atoms with Gasteiger partial charge in [0.15, 0.2) is 5.17 Å². The molecular weight excluding hydrogens is 272 g/mol. The monoisotopic (exact) mass is 290 g/mol. The second kappa shape index (κ2) is 5.58. The second-order valence-corrected chi connectivity index (χ2v) is 6.32. The number of thioether (sulfide) groups is 1. The summed E-state index contributed by atoms with van der Waals surface area (Å²) in [6.45, 7) is 5.76. The first-order chi connectivity index (χ1) is 7.33. The molecule has 0 saturated carbocycles. The zero-order chi connectivity index (χ0) is 10.7. The number of alkyl halides is 1. The molecule has 1 saturated heterocycles. The fourth-order valence-corrected chi connectivity index (χ4v) is 3.88. The molecule has 2 rings (SSSR count). The van der Waals surface area contributed by atoms with E-state index >= 15 is 0 Å². The summed E-state index contributed by atoms with van der Waals surface area (Å²) < 4.78 is 0. The molecule has 0 radical (unpaired) electrons. The van der Waals surface area contributed by atoms with Crippen LogP contribution in [-0.4, -0.2) is 40.3 Å². The maximum absolute atomic E-state index is 4.64. The van der Waals surface area contributed by atoms with Gasteiger partial charge in [-0.05, 0) is 18.8 Å². The van der Waals surface area contributed by atoms with E-state index in [0.29, 0.717) is 5.25 Å². The topological polar surface area (TPSA) is 15.6 Å². The molecule has 2 unspecified atom stereocenters. The Morgan fingerprint density at radius 1 is 1.60 bits per heavy atom. The molecule has 0 aromatic heterocycles. The van der Waals surface area contributed by atoms with Crippen LogP contribution >= 0.6 is 27.7 Å². The zero-order valence-corrected chi connectivity index (χ0v) is 11.7. The molecule has 4 heteroatoms. The number of aliphatic imine (C=N–C) groups is 1. The molecule has 2 atom stereocenters. The Balaban J connectivity index is 1.81. The third-order valence-corrected chi connectivity index (χ3v) is 5.59. The van der Waals surface area contributed by atoms with Gasteiger partial charge < -0.3 is 4.90 Å². The van der Waals surface area contributed by atoms with Crippen LogP contribution in [0.3, 0.4) is 0 Å². The smallest absolute Gasteiger partial charge is 0.159 e. The summed E-state index contributed by atoms with van der Waals surface area (Å²) in [7, 11) is 0. The molecule has 0 N–H and O–H groups in total. The predicted octanol–water partition coefficient (Wildman–Crippen LogP) is 2.97. The zero-order valence-electron chi connectivity index (χ0n) is 9.29. The molecule has 2 nitrogen and oxygen atoms in total. The number of amidine groups is 1. The lowest BCUT2D eigenvalue weighted by atomic mass is 10.0. The quantitative estimate of drug-likeness (QED) is 0.743. The Morgan fingerprint density at radius 2 is 2.47 bits per heavy atom. The van der Waals surface area contributed by atoms with Crippen molar-refractivity contribution < 1.29 is 0 Å². The van der Waals surface area contributed by atoms with E-state index in [1.165, 1.54) is 37.5 Å². The van der Waals surface area contributed by atoms with Crippen LogP contribution in [0.5, 0.6) is 0 Å². The first-order valence-electron chi connectivity index (χ1n) is 5.85. The number of rotatable bonds is 3. The minimum absolute atomic E-state index is 0.672. The highest BCUT2D eigenvalue weighted by Crippen LogP contribution is 2.29. The van der Waals surface area contributed by atoms with Crippen molar-refractivity contribution in [3.8, 4) is 0 Å². The SMILES string of the molecule is CCCC1CCN(C2=NCC(CBr)S2)C1. The largest absolute Gasteiger partial charge is 0.351 e. The van der Waals surface area contributed by atoms with E-state index in [9.17, 15) is 0 Å². The Bertz CT molecular complexity index is 245. The van der Waals surface area contributed by atoms with Crippen molar-refractivity contribution >= 4 is 32.9 Å². The summed E-state index contributed by atoms with van der Waals surface area (Å²) in [5.74, 6) is 0.918. The van der Waals surface area contributed by atoms with Gasteiger partial charge in [-0.1, -0.05) is 41.0 Å². The molecule has 0 amide bonds. The second-order valence-electron chi connectivity index (χ2n) is 4.41. The van der Waals surface area contributed by atoms with Crippen molar-refractivity contribution in [3.05, 3.63) is 0 Å². The molecule has 15 heavy (non-hydrogen) atoms.